The molecule has 8 heteroatoms. The van der Waals surface area contributed by atoms with Gasteiger partial charge in [0.15, 0.2) is 0 Å². The number of methoxy groups -OCH3 is 1. The van der Waals surface area contributed by atoms with Crippen molar-refractivity contribution in [1.29, 1.82) is 0 Å². The number of rotatable bonds is 4. The first-order valence-electron chi connectivity index (χ1n) is 5.69. The Hall–Kier alpha value is -2.90. The minimum atomic E-state index is -0.615. The van der Waals surface area contributed by atoms with Crippen LogP contribution in [0.4, 0.5) is 23.0 Å². The first kappa shape index (κ1) is 13.5. The van der Waals surface area contributed by atoms with Crippen molar-refractivity contribution in [1.82, 2.24) is 9.97 Å². The van der Waals surface area contributed by atoms with Crippen LogP contribution in [0.2, 0.25) is 0 Å². The number of aromatic nitrogens is 2. The number of anilines is 3. The summed E-state index contributed by atoms with van der Waals surface area (Å²) in [6, 6.07) is 5.29. The third kappa shape index (κ3) is 2.58. The van der Waals surface area contributed by atoms with E-state index in [1.165, 1.54) is 6.33 Å². The second-order valence-corrected chi connectivity index (χ2v) is 4.02. The van der Waals surface area contributed by atoms with Gasteiger partial charge in [-0.25, -0.2) is 9.97 Å². The molecule has 1 aromatic heterocycles. The van der Waals surface area contributed by atoms with Gasteiger partial charge < -0.3 is 15.8 Å². The van der Waals surface area contributed by atoms with Gasteiger partial charge in [-0.2, -0.15) is 0 Å². The topological polar surface area (TPSA) is 116 Å². The van der Waals surface area contributed by atoms with E-state index in [0.717, 1.165) is 5.56 Å². The van der Waals surface area contributed by atoms with Gasteiger partial charge in [0.25, 0.3) is 0 Å². The number of nitro groups is 1. The Morgan fingerprint density at radius 2 is 2.15 bits per heavy atom. The van der Waals surface area contributed by atoms with E-state index in [1.807, 2.05) is 6.92 Å². The summed E-state index contributed by atoms with van der Waals surface area (Å²) in [6.07, 6.45) is 1.17. The zero-order valence-electron chi connectivity index (χ0n) is 11.0. The van der Waals surface area contributed by atoms with Gasteiger partial charge in [0.1, 0.15) is 12.1 Å². The summed E-state index contributed by atoms with van der Waals surface area (Å²) in [4.78, 5) is 17.9. The smallest absolute Gasteiger partial charge is 0.353 e. The normalized spacial score (nSPS) is 10.1. The first-order valence-corrected chi connectivity index (χ1v) is 5.69. The average Bonchev–Trinajstić information content (AvgIpc) is 2.40. The number of hydrogen-bond donors (Lipinski definition) is 2. The Labute approximate surface area is 114 Å². The first-order chi connectivity index (χ1) is 9.52. The molecule has 1 heterocycles. The lowest BCUT2D eigenvalue weighted by Gasteiger charge is -2.10. The lowest BCUT2D eigenvalue weighted by atomic mass is 10.2. The molecule has 2 rings (SSSR count). The molecule has 1 aromatic carbocycles. The van der Waals surface area contributed by atoms with Crippen LogP contribution < -0.4 is 15.8 Å². The zero-order valence-corrected chi connectivity index (χ0v) is 11.0. The van der Waals surface area contributed by atoms with Gasteiger partial charge in [0.05, 0.1) is 12.0 Å². The standard InChI is InChI=1S/C12H13N5O3/c1-7-5-8(20-2)3-4-9(7)16-12-10(17(18)19)11(13)14-6-15-12/h3-6H,1-2H3,(H3,13,14,15,16). The Balaban J connectivity index is 2.40. The van der Waals surface area contributed by atoms with Crippen molar-refractivity contribution in [3.05, 3.63) is 40.2 Å². The second kappa shape index (κ2) is 5.39. The molecular weight excluding hydrogens is 262 g/mol. The monoisotopic (exact) mass is 275 g/mol. The molecule has 0 aliphatic carbocycles. The van der Waals surface area contributed by atoms with Crippen LogP contribution in [0.25, 0.3) is 0 Å². The van der Waals surface area contributed by atoms with E-state index in [4.69, 9.17) is 10.5 Å². The number of nitrogens with two attached hydrogens (primary N) is 1. The molecule has 104 valence electrons. The Morgan fingerprint density at radius 1 is 1.40 bits per heavy atom. The lowest BCUT2D eigenvalue weighted by Crippen LogP contribution is -2.05. The molecule has 20 heavy (non-hydrogen) atoms. The second-order valence-electron chi connectivity index (χ2n) is 4.02. The fourth-order valence-corrected chi connectivity index (χ4v) is 1.69. The predicted molar refractivity (Wildman–Crippen MR) is 74.1 cm³/mol. The maximum Gasteiger partial charge on any atom is 0.353 e. The molecule has 0 aliphatic rings. The minimum Gasteiger partial charge on any atom is -0.497 e. The highest BCUT2D eigenvalue weighted by Crippen LogP contribution is 2.31. The van der Waals surface area contributed by atoms with Gasteiger partial charge >= 0.3 is 5.69 Å². The van der Waals surface area contributed by atoms with Crippen LogP contribution >= 0.6 is 0 Å². The summed E-state index contributed by atoms with van der Waals surface area (Å²) in [5, 5.41) is 13.9. The van der Waals surface area contributed by atoms with Crippen molar-refractivity contribution in [2.24, 2.45) is 0 Å². The zero-order chi connectivity index (χ0) is 14.7. The number of aryl methyl sites for hydroxylation is 1. The Morgan fingerprint density at radius 3 is 2.75 bits per heavy atom. The maximum atomic E-state index is 11.0. The van der Waals surface area contributed by atoms with Gasteiger partial charge in [-0.1, -0.05) is 0 Å². The van der Waals surface area contributed by atoms with E-state index in [0.29, 0.717) is 11.4 Å². The molecule has 0 fully saturated rings. The summed E-state index contributed by atoms with van der Waals surface area (Å²) < 4.78 is 5.10. The number of nitrogens with zero attached hydrogens (tertiary/aromatic N) is 3. The van der Waals surface area contributed by atoms with Crippen molar-refractivity contribution in [3.8, 4) is 5.75 Å². The molecule has 0 amide bonds. The van der Waals surface area contributed by atoms with Crippen LogP contribution in [-0.4, -0.2) is 22.0 Å². The highest BCUT2D eigenvalue weighted by molar-refractivity contribution is 5.73. The van der Waals surface area contributed by atoms with Crippen molar-refractivity contribution in [3.63, 3.8) is 0 Å². The molecular formula is C12H13N5O3. The summed E-state index contributed by atoms with van der Waals surface area (Å²) in [5.41, 5.74) is 6.69. The molecule has 0 bridgehead atoms. The minimum absolute atomic E-state index is 0.0516. The van der Waals surface area contributed by atoms with Crippen molar-refractivity contribution < 1.29 is 9.66 Å². The number of nitrogen functional groups attached to an aromatic ring is 1. The van der Waals surface area contributed by atoms with E-state index < -0.39 is 4.92 Å². The van der Waals surface area contributed by atoms with E-state index in [2.05, 4.69) is 15.3 Å². The lowest BCUT2D eigenvalue weighted by molar-refractivity contribution is -0.383. The quantitative estimate of drug-likeness (QED) is 0.647. The van der Waals surface area contributed by atoms with Crippen LogP contribution in [-0.2, 0) is 0 Å². The van der Waals surface area contributed by atoms with Crippen LogP contribution in [0.1, 0.15) is 5.56 Å². The highest BCUT2D eigenvalue weighted by Gasteiger charge is 2.21. The van der Waals surface area contributed by atoms with Gasteiger partial charge in [-0.05, 0) is 30.7 Å². The van der Waals surface area contributed by atoms with Crippen LogP contribution in [0, 0.1) is 17.0 Å². The van der Waals surface area contributed by atoms with Crippen LogP contribution in [0.15, 0.2) is 24.5 Å². The molecule has 8 nitrogen and oxygen atoms in total. The Kier molecular flexibility index (Phi) is 3.65. The molecule has 0 saturated carbocycles. The molecule has 0 radical (unpaired) electrons. The van der Waals surface area contributed by atoms with Crippen LogP contribution in [0.3, 0.4) is 0 Å². The third-order valence-electron chi connectivity index (χ3n) is 2.72. The number of nitrogens with one attached hydrogen (secondary N) is 1. The largest absolute Gasteiger partial charge is 0.497 e. The fraction of sp³-hybridized carbons (Fsp3) is 0.167. The Bertz CT molecular complexity index is 660. The molecule has 0 saturated heterocycles. The molecule has 2 aromatic rings. The van der Waals surface area contributed by atoms with Gasteiger partial charge in [0, 0.05) is 5.69 Å². The van der Waals surface area contributed by atoms with Gasteiger partial charge in [-0.3, -0.25) is 10.1 Å². The van der Waals surface area contributed by atoms with E-state index in [9.17, 15) is 10.1 Å². The molecule has 0 spiro atoms. The fourth-order valence-electron chi connectivity index (χ4n) is 1.69. The molecule has 0 atom stereocenters. The summed E-state index contributed by atoms with van der Waals surface area (Å²) in [6.45, 7) is 1.85. The van der Waals surface area contributed by atoms with Crippen molar-refractivity contribution >= 4 is 23.0 Å². The van der Waals surface area contributed by atoms with Crippen molar-refractivity contribution in [2.75, 3.05) is 18.2 Å². The summed E-state index contributed by atoms with van der Waals surface area (Å²) >= 11 is 0. The average molecular weight is 275 g/mol. The predicted octanol–water partition coefficient (Wildman–Crippen LogP) is 2.03. The number of benzene rings is 1. The molecule has 0 aliphatic heterocycles. The van der Waals surface area contributed by atoms with E-state index >= 15 is 0 Å². The third-order valence-corrected chi connectivity index (χ3v) is 2.72. The molecule has 0 unspecified atom stereocenters. The SMILES string of the molecule is COc1ccc(Nc2ncnc(N)c2[N+](=O)[O-])c(C)c1. The summed E-state index contributed by atoms with van der Waals surface area (Å²) in [5.74, 6) is 0.569. The maximum absolute atomic E-state index is 11.0. The summed E-state index contributed by atoms with van der Waals surface area (Å²) in [7, 11) is 1.57. The van der Waals surface area contributed by atoms with E-state index in [-0.39, 0.29) is 17.3 Å². The van der Waals surface area contributed by atoms with Crippen LogP contribution in [0.5, 0.6) is 5.75 Å². The van der Waals surface area contributed by atoms with Gasteiger partial charge in [0.2, 0.25) is 11.6 Å². The van der Waals surface area contributed by atoms with E-state index in [1.54, 1.807) is 25.3 Å². The highest BCUT2D eigenvalue weighted by atomic mass is 16.6. The number of ether oxygens (including phenoxy) is 1. The van der Waals surface area contributed by atoms with Gasteiger partial charge in [-0.15, -0.1) is 0 Å². The van der Waals surface area contributed by atoms with Crippen molar-refractivity contribution in [2.45, 2.75) is 6.92 Å². The number of hydrogen-bond acceptors (Lipinski definition) is 7. The molecule has 3 N–H and O–H groups in total.